The van der Waals surface area contributed by atoms with Gasteiger partial charge in [-0.25, -0.2) is 0 Å². The summed E-state index contributed by atoms with van der Waals surface area (Å²) in [6.07, 6.45) is 4.20. The second kappa shape index (κ2) is 16.6. The van der Waals surface area contributed by atoms with Gasteiger partial charge in [-0.05, 0) is 31.2 Å². The van der Waals surface area contributed by atoms with Gasteiger partial charge in [0.05, 0.1) is 0 Å². The van der Waals surface area contributed by atoms with Crippen molar-refractivity contribution >= 4 is 103 Å². The molecular formula is C24H26Br2Cl2S2SiZr. The van der Waals surface area contributed by atoms with Crippen LogP contribution in [0.2, 0.25) is 13.1 Å². The van der Waals surface area contributed by atoms with E-state index in [0.717, 1.165) is 9.52 Å². The Balaban J connectivity index is 0.000000258. The average molecular weight is 729 g/mol. The fourth-order valence-electron chi connectivity index (χ4n) is 3.03. The zero-order chi connectivity index (χ0) is 24.3. The predicted octanol–water partition coefficient (Wildman–Crippen LogP) is 10.9. The zero-order valence-corrected chi connectivity index (χ0v) is 28.7. The molecule has 0 N–H and O–H groups in total. The van der Waals surface area contributed by atoms with Crippen molar-refractivity contribution in [3.8, 4) is 0 Å². The third kappa shape index (κ3) is 9.93. The summed E-state index contributed by atoms with van der Waals surface area (Å²) < 4.78 is 2.39. The van der Waals surface area contributed by atoms with Crippen LogP contribution in [0.25, 0.3) is 21.5 Å². The SMILES string of the molecule is CSc1cc(Br)c2cc(C)[cH-]c2c1.CSc1cc(Br)c2cc(C)[cH-]c2c1.C[Si]C.[Cl][Zr+2][Cl]. The molecule has 0 atom stereocenters. The maximum absolute atomic E-state index is 4.93. The number of benzene rings is 2. The summed E-state index contributed by atoms with van der Waals surface area (Å²) in [7, 11) is 11.0. The van der Waals surface area contributed by atoms with Crippen LogP contribution < -0.4 is 0 Å². The molecule has 32 heavy (non-hydrogen) atoms. The van der Waals surface area contributed by atoms with Gasteiger partial charge in [-0.15, -0.1) is 80.5 Å². The van der Waals surface area contributed by atoms with Gasteiger partial charge in [0.1, 0.15) is 0 Å². The van der Waals surface area contributed by atoms with Crippen LogP contribution in [0, 0.1) is 13.8 Å². The van der Waals surface area contributed by atoms with Gasteiger partial charge in [-0.1, -0.05) is 70.9 Å². The quantitative estimate of drug-likeness (QED) is 0.115. The Hall–Kier alpha value is 1.000. The summed E-state index contributed by atoms with van der Waals surface area (Å²) in [6, 6.07) is 17.7. The summed E-state index contributed by atoms with van der Waals surface area (Å²) in [4.78, 5) is 2.62. The van der Waals surface area contributed by atoms with E-state index in [4.69, 9.17) is 17.0 Å². The van der Waals surface area contributed by atoms with E-state index in [1.165, 1.54) is 51.4 Å². The van der Waals surface area contributed by atoms with Crippen molar-refractivity contribution in [3.05, 3.63) is 68.6 Å². The molecule has 0 fully saturated rings. The molecule has 0 aromatic heterocycles. The molecule has 4 rings (SSSR count). The molecule has 2 radical (unpaired) electrons. The van der Waals surface area contributed by atoms with E-state index in [1.807, 2.05) is 0 Å². The van der Waals surface area contributed by atoms with E-state index in [-0.39, 0.29) is 0 Å². The fourth-order valence-corrected chi connectivity index (χ4v) is 5.48. The number of thioether (sulfide) groups is 2. The topological polar surface area (TPSA) is 0 Å². The molecule has 170 valence electrons. The zero-order valence-electron chi connectivity index (χ0n) is 18.9. The number of rotatable bonds is 2. The number of hydrogen-bond acceptors (Lipinski definition) is 2. The van der Waals surface area contributed by atoms with Gasteiger partial charge in [0, 0.05) is 9.52 Å². The molecule has 0 unspecified atom stereocenters. The van der Waals surface area contributed by atoms with Gasteiger partial charge in [0.15, 0.2) is 0 Å². The molecule has 0 saturated heterocycles. The van der Waals surface area contributed by atoms with E-state index < -0.39 is 20.8 Å². The average Bonchev–Trinajstić information content (AvgIpc) is 3.31. The Morgan fingerprint density at radius 3 is 1.34 bits per heavy atom. The molecule has 0 amide bonds. The van der Waals surface area contributed by atoms with Crippen molar-refractivity contribution in [2.45, 2.75) is 36.7 Å². The first-order valence-electron chi connectivity index (χ1n) is 9.60. The summed E-state index contributed by atoms with van der Waals surface area (Å²) >= 11 is 9.91. The molecule has 0 spiro atoms. The van der Waals surface area contributed by atoms with Crippen LogP contribution in [-0.2, 0) is 20.8 Å². The Morgan fingerprint density at radius 1 is 0.750 bits per heavy atom. The van der Waals surface area contributed by atoms with Crippen LogP contribution in [0.4, 0.5) is 0 Å². The van der Waals surface area contributed by atoms with Crippen LogP contribution in [0.3, 0.4) is 0 Å². The van der Waals surface area contributed by atoms with Crippen molar-refractivity contribution in [3.63, 3.8) is 0 Å². The normalized spacial score (nSPS) is 9.81. The molecular weight excluding hydrogens is 702 g/mol. The van der Waals surface area contributed by atoms with Crippen LogP contribution in [0.5, 0.6) is 0 Å². The number of aryl methyl sites for hydroxylation is 2. The first-order valence-corrected chi connectivity index (χ1v) is 22.0. The molecule has 4 aromatic rings. The molecule has 0 nitrogen and oxygen atoms in total. The van der Waals surface area contributed by atoms with E-state index >= 15 is 0 Å². The molecule has 8 heteroatoms. The van der Waals surface area contributed by atoms with E-state index in [9.17, 15) is 0 Å². The summed E-state index contributed by atoms with van der Waals surface area (Å²) in [5, 5.41) is 5.29. The first kappa shape index (κ1) is 31.0. The van der Waals surface area contributed by atoms with Gasteiger partial charge >= 0.3 is 37.9 Å². The Labute approximate surface area is 239 Å². The first-order chi connectivity index (χ1) is 15.2. The summed E-state index contributed by atoms with van der Waals surface area (Å²) in [5.41, 5.74) is 2.66. The van der Waals surface area contributed by atoms with E-state index in [1.54, 1.807) is 23.5 Å². The van der Waals surface area contributed by atoms with E-state index in [0.29, 0.717) is 0 Å². The van der Waals surface area contributed by atoms with E-state index in [2.05, 4.69) is 120 Å². The minimum atomic E-state index is -0.826. The van der Waals surface area contributed by atoms with Crippen LogP contribution in [0.1, 0.15) is 11.1 Å². The maximum atomic E-state index is 4.93. The molecule has 0 aliphatic rings. The standard InChI is InChI=1S/2C11H10BrS.C2H6Si.2ClH.Zr/c2*1-7-3-8-5-9(13-2)6-11(12)10(8)4-7;1-3-2;;;/h2*3-6H,1-2H3;1-2H3;2*1H;/q2*-1;;;;+4/p-2. The van der Waals surface area contributed by atoms with Gasteiger partial charge in [0.25, 0.3) is 0 Å². The molecule has 4 aromatic carbocycles. The minimum absolute atomic E-state index is 0.826. The molecule has 0 saturated carbocycles. The number of halogens is 4. The summed E-state index contributed by atoms with van der Waals surface area (Å²) in [5.74, 6) is 0. The molecule has 0 heterocycles. The van der Waals surface area contributed by atoms with Crippen LogP contribution in [0.15, 0.2) is 67.3 Å². The second-order valence-electron chi connectivity index (χ2n) is 6.86. The van der Waals surface area contributed by atoms with Gasteiger partial charge in [0.2, 0.25) is 0 Å². The van der Waals surface area contributed by atoms with Crippen molar-refractivity contribution in [2.24, 2.45) is 0 Å². The Kier molecular flexibility index (Phi) is 16.1. The van der Waals surface area contributed by atoms with Gasteiger partial charge in [-0.2, -0.15) is 12.1 Å². The third-order valence-corrected chi connectivity index (χ3v) is 6.98. The van der Waals surface area contributed by atoms with Crippen molar-refractivity contribution in [1.82, 2.24) is 0 Å². The monoisotopic (exact) mass is 724 g/mol. The fraction of sp³-hybridized carbons (Fsp3) is 0.250. The van der Waals surface area contributed by atoms with Crippen molar-refractivity contribution in [2.75, 3.05) is 12.5 Å². The molecule has 0 bridgehead atoms. The van der Waals surface area contributed by atoms with Crippen LogP contribution in [-0.4, -0.2) is 22.0 Å². The summed E-state index contributed by atoms with van der Waals surface area (Å²) in [6.45, 7) is 8.57. The number of fused-ring (bicyclic) bond motifs is 2. The third-order valence-electron chi connectivity index (χ3n) is 4.25. The van der Waals surface area contributed by atoms with Crippen molar-refractivity contribution < 1.29 is 20.8 Å². The van der Waals surface area contributed by atoms with Crippen LogP contribution >= 0.6 is 72.4 Å². The van der Waals surface area contributed by atoms with Gasteiger partial charge in [-0.3, -0.25) is 0 Å². The van der Waals surface area contributed by atoms with Gasteiger partial charge < -0.3 is 0 Å². The molecule has 0 aliphatic carbocycles. The predicted molar refractivity (Wildman–Crippen MR) is 157 cm³/mol. The second-order valence-corrected chi connectivity index (χ2v) is 15.1. The number of hydrogen-bond donors (Lipinski definition) is 0. The Morgan fingerprint density at radius 2 is 1.06 bits per heavy atom. The van der Waals surface area contributed by atoms with Crippen molar-refractivity contribution in [1.29, 1.82) is 0 Å². The Bertz CT molecular complexity index is 1020. The molecule has 0 aliphatic heterocycles.